The van der Waals surface area contributed by atoms with Crippen molar-refractivity contribution in [3.63, 3.8) is 0 Å². The van der Waals surface area contributed by atoms with E-state index in [4.69, 9.17) is 24.4 Å². The molecule has 8 nitrogen and oxygen atoms in total. The molecular weight excluding hydrogens is 316 g/mol. The zero-order valence-corrected chi connectivity index (χ0v) is 13.5. The first-order chi connectivity index (χ1) is 11.5. The standard InChI is InChI=1S/C16H18N2O6/c1-21-13-5-11(16(20)23-3)12(6-14(13)22-2)18-15(19)9-4-10(7-17)24-8-9/h4-6,8H,7,17H2,1-3H3,(H,18,19). The van der Waals surface area contributed by atoms with Crippen LogP contribution in [-0.4, -0.2) is 33.2 Å². The van der Waals surface area contributed by atoms with Crippen molar-refractivity contribution in [3.8, 4) is 11.5 Å². The molecule has 2 aromatic rings. The van der Waals surface area contributed by atoms with E-state index in [0.717, 1.165) is 0 Å². The van der Waals surface area contributed by atoms with Gasteiger partial charge in [-0.2, -0.15) is 0 Å². The molecule has 1 aromatic carbocycles. The van der Waals surface area contributed by atoms with Gasteiger partial charge in [-0.15, -0.1) is 0 Å². The molecular formula is C16H18N2O6. The number of carbonyl (C=O) groups is 2. The molecule has 1 aromatic heterocycles. The summed E-state index contributed by atoms with van der Waals surface area (Å²) in [5, 5.41) is 2.63. The van der Waals surface area contributed by atoms with Crippen molar-refractivity contribution in [1.82, 2.24) is 0 Å². The highest BCUT2D eigenvalue weighted by Crippen LogP contribution is 2.34. The van der Waals surface area contributed by atoms with Gasteiger partial charge in [0.1, 0.15) is 12.0 Å². The van der Waals surface area contributed by atoms with Gasteiger partial charge < -0.3 is 29.7 Å². The lowest BCUT2D eigenvalue weighted by molar-refractivity contribution is 0.0601. The van der Waals surface area contributed by atoms with E-state index in [-0.39, 0.29) is 23.4 Å². The largest absolute Gasteiger partial charge is 0.493 e. The molecule has 8 heteroatoms. The van der Waals surface area contributed by atoms with Gasteiger partial charge in [0.05, 0.1) is 44.7 Å². The van der Waals surface area contributed by atoms with Gasteiger partial charge in [0.15, 0.2) is 11.5 Å². The summed E-state index contributed by atoms with van der Waals surface area (Å²) in [6, 6.07) is 4.43. The Balaban J connectivity index is 2.39. The first kappa shape index (κ1) is 17.4. The monoisotopic (exact) mass is 334 g/mol. The molecule has 1 amide bonds. The van der Waals surface area contributed by atoms with Crippen LogP contribution in [0, 0.1) is 0 Å². The van der Waals surface area contributed by atoms with Gasteiger partial charge in [-0.05, 0) is 6.07 Å². The third-order valence-corrected chi connectivity index (χ3v) is 3.29. The van der Waals surface area contributed by atoms with Gasteiger partial charge in [0.25, 0.3) is 5.91 Å². The van der Waals surface area contributed by atoms with Crippen molar-refractivity contribution in [2.75, 3.05) is 26.6 Å². The Bertz CT molecular complexity index is 753. The number of benzene rings is 1. The fourth-order valence-electron chi connectivity index (χ4n) is 2.06. The molecule has 128 valence electrons. The highest BCUT2D eigenvalue weighted by molar-refractivity contribution is 6.08. The van der Waals surface area contributed by atoms with Crippen LogP contribution in [0.4, 0.5) is 5.69 Å². The van der Waals surface area contributed by atoms with Crippen molar-refractivity contribution < 1.29 is 28.2 Å². The lowest BCUT2D eigenvalue weighted by Crippen LogP contribution is -2.15. The Labute approximate surface area is 138 Å². The molecule has 0 radical (unpaired) electrons. The predicted molar refractivity (Wildman–Crippen MR) is 85.4 cm³/mol. The number of esters is 1. The molecule has 1 heterocycles. The molecule has 0 aliphatic rings. The molecule has 0 aliphatic carbocycles. The van der Waals surface area contributed by atoms with E-state index < -0.39 is 11.9 Å². The second kappa shape index (κ2) is 7.51. The van der Waals surface area contributed by atoms with E-state index in [1.807, 2.05) is 0 Å². The number of carbonyl (C=O) groups excluding carboxylic acids is 2. The summed E-state index contributed by atoms with van der Waals surface area (Å²) in [5.74, 6) is 0.0810. The average molecular weight is 334 g/mol. The maximum absolute atomic E-state index is 12.3. The third kappa shape index (κ3) is 3.49. The van der Waals surface area contributed by atoms with Crippen LogP contribution in [0.2, 0.25) is 0 Å². The molecule has 0 bridgehead atoms. The SMILES string of the molecule is COC(=O)c1cc(OC)c(OC)cc1NC(=O)c1coc(CN)c1. The van der Waals surface area contributed by atoms with Crippen LogP contribution in [0.25, 0.3) is 0 Å². The van der Waals surface area contributed by atoms with Crippen molar-refractivity contribution in [2.45, 2.75) is 6.54 Å². The molecule has 0 saturated heterocycles. The van der Waals surface area contributed by atoms with Crippen LogP contribution in [0.15, 0.2) is 28.9 Å². The fraction of sp³-hybridized carbons (Fsp3) is 0.250. The van der Waals surface area contributed by atoms with E-state index in [2.05, 4.69) is 5.32 Å². The maximum Gasteiger partial charge on any atom is 0.340 e. The molecule has 0 spiro atoms. The summed E-state index contributed by atoms with van der Waals surface area (Å²) >= 11 is 0. The first-order valence-corrected chi connectivity index (χ1v) is 6.97. The number of methoxy groups -OCH3 is 3. The van der Waals surface area contributed by atoms with Gasteiger partial charge in [0, 0.05) is 12.1 Å². The maximum atomic E-state index is 12.3. The smallest absolute Gasteiger partial charge is 0.340 e. The normalized spacial score (nSPS) is 10.2. The van der Waals surface area contributed by atoms with Crippen molar-refractivity contribution >= 4 is 17.6 Å². The Kier molecular flexibility index (Phi) is 5.43. The number of hydrogen-bond acceptors (Lipinski definition) is 7. The molecule has 0 atom stereocenters. The van der Waals surface area contributed by atoms with Crippen LogP contribution < -0.4 is 20.5 Å². The molecule has 0 aliphatic heterocycles. The number of amides is 1. The van der Waals surface area contributed by atoms with Crippen molar-refractivity contribution in [2.24, 2.45) is 5.73 Å². The summed E-state index contributed by atoms with van der Waals surface area (Å²) < 4.78 is 20.2. The average Bonchev–Trinajstić information content (AvgIpc) is 3.09. The summed E-state index contributed by atoms with van der Waals surface area (Å²) in [7, 11) is 4.14. The second-order valence-electron chi connectivity index (χ2n) is 4.70. The van der Waals surface area contributed by atoms with Crippen LogP contribution in [0.5, 0.6) is 11.5 Å². The molecule has 24 heavy (non-hydrogen) atoms. The minimum absolute atomic E-state index is 0.131. The Morgan fingerprint density at radius 2 is 1.79 bits per heavy atom. The Hall–Kier alpha value is -3.00. The quantitative estimate of drug-likeness (QED) is 0.774. The number of ether oxygens (including phenoxy) is 3. The lowest BCUT2D eigenvalue weighted by atomic mass is 10.1. The summed E-state index contributed by atoms with van der Waals surface area (Å²) in [6.45, 7) is 0.178. The number of anilines is 1. The van der Waals surface area contributed by atoms with Gasteiger partial charge in [-0.25, -0.2) is 4.79 Å². The van der Waals surface area contributed by atoms with Gasteiger partial charge in [0.2, 0.25) is 0 Å². The number of rotatable bonds is 6. The van der Waals surface area contributed by atoms with E-state index in [1.54, 1.807) is 0 Å². The fourth-order valence-corrected chi connectivity index (χ4v) is 2.06. The third-order valence-electron chi connectivity index (χ3n) is 3.29. The predicted octanol–water partition coefficient (Wildman–Crippen LogP) is 1.79. The summed E-state index contributed by atoms with van der Waals surface area (Å²) in [4.78, 5) is 24.3. The molecule has 0 fully saturated rings. The summed E-state index contributed by atoms with van der Waals surface area (Å²) in [6.07, 6.45) is 1.29. The van der Waals surface area contributed by atoms with Crippen LogP contribution >= 0.6 is 0 Å². The molecule has 3 N–H and O–H groups in total. The second-order valence-corrected chi connectivity index (χ2v) is 4.70. The lowest BCUT2D eigenvalue weighted by Gasteiger charge is -2.14. The Morgan fingerprint density at radius 3 is 2.33 bits per heavy atom. The number of nitrogens with one attached hydrogen (secondary N) is 1. The Morgan fingerprint density at radius 1 is 1.12 bits per heavy atom. The van der Waals surface area contributed by atoms with Crippen molar-refractivity contribution in [3.05, 3.63) is 41.3 Å². The topological polar surface area (TPSA) is 113 Å². The van der Waals surface area contributed by atoms with Crippen molar-refractivity contribution in [1.29, 1.82) is 0 Å². The zero-order chi connectivity index (χ0) is 17.7. The van der Waals surface area contributed by atoms with Gasteiger partial charge in [-0.1, -0.05) is 0 Å². The molecule has 2 rings (SSSR count). The molecule has 0 unspecified atom stereocenters. The van der Waals surface area contributed by atoms with E-state index in [0.29, 0.717) is 17.3 Å². The van der Waals surface area contributed by atoms with Crippen LogP contribution in [0.3, 0.4) is 0 Å². The van der Waals surface area contributed by atoms with E-state index >= 15 is 0 Å². The first-order valence-electron chi connectivity index (χ1n) is 6.97. The zero-order valence-electron chi connectivity index (χ0n) is 13.5. The van der Waals surface area contributed by atoms with Crippen LogP contribution in [0.1, 0.15) is 26.5 Å². The minimum Gasteiger partial charge on any atom is -0.493 e. The number of nitrogens with two attached hydrogens (primary N) is 1. The van der Waals surface area contributed by atoms with Gasteiger partial charge >= 0.3 is 5.97 Å². The highest BCUT2D eigenvalue weighted by atomic mass is 16.5. The molecule has 0 saturated carbocycles. The number of hydrogen-bond donors (Lipinski definition) is 2. The van der Waals surface area contributed by atoms with Crippen LogP contribution in [-0.2, 0) is 11.3 Å². The van der Waals surface area contributed by atoms with E-state index in [9.17, 15) is 9.59 Å². The minimum atomic E-state index is -0.624. The van der Waals surface area contributed by atoms with Gasteiger partial charge in [-0.3, -0.25) is 4.79 Å². The highest BCUT2D eigenvalue weighted by Gasteiger charge is 2.20. The number of furan rings is 1. The van der Waals surface area contributed by atoms with E-state index in [1.165, 1.54) is 45.8 Å². The summed E-state index contributed by atoms with van der Waals surface area (Å²) in [5.41, 5.74) is 6.08.